The quantitative estimate of drug-likeness (QED) is 0.510. The molecule has 0 fully saturated rings. The van der Waals surface area contributed by atoms with Crippen LogP contribution in [0.4, 0.5) is 0 Å². The zero-order valence-corrected chi connectivity index (χ0v) is 5.99. The molecule has 2 heteroatoms. The topological polar surface area (TPSA) is 0 Å². The summed E-state index contributed by atoms with van der Waals surface area (Å²) in [7, 11) is 0. The Morgan fingerprint density at radius 1 is 0.750 bits per heavy atom. The first-order valence-electron chi connectivity index (χ1n) is 2.27. The van der Waals surface area contributed by atoms with Gasteiger partial charge >= 0.3 is 0 Å². The molecule has 0 amide bonds. The standard InChI is InChI=1S/C6H6S2/c7-5-1-2-6(8)4-3-5/h1-4,7-8H. The molecule has 0 atom stereocenters. The molecule has 8 heavy (non-hydrogen) atoms. The third-order valence-corrected chi connectivity index (χ3v) is 1.45. The smallest absolute Gasteiger partial charge is 0.00407 e. The van der Waals surface area contributed by atoms with Crippen LogP contribution in [0.1, 0.15) is 0 Å². The Morgan fingerprint density at radius 3 is 1.25 bits per heavy atom. The molecule has 1 rings (SSSR count). The van der Waals surface area contributed by atoms with E-state index < -0.39 is 0 Å². The van der Waals surface area contributed by atoms with Gasteiger partial charge in [0.2, 0.25) is 0 Å². The lowest BCUT2D eigenvalue weighted by Crippen LogP contribution is -1.63. The highest BCUT2D eigenvalue weighted by Gasteiger charge is 1.81. The van der Waals surface area contributed by atoms with E-state index in [1.807, 2.05) is 24.3 Å². The van der Waals surface area contributed by atoms with Gasteiger partial charge in [-0.25, -0.2) is 0 Å². The minimum Gasteiger partial charge on any atom is -0.143 e. The first-order chi connectivity index (χ1) is 3.79. The summed E-state index contributed by atoms with van der Waals surface area (Å²) in [6, 6.07) is 7.63. The molecule has 0 saturated heterocycles. The van der Waals surface area contributed by atoms with Gasteiger partial charge in [-0.2, -0.15) is 0 Å². The lowest BCUT2D eigenvalue weighted by Gasteiger charge is -1.88. The monoisotopic (exact) mass is 142 g/mol. The first-order valence-corrected chi connectivity index (χ1v) is 3.16. The molecule has 0 N–H and O–H groups in total. The molecular weight excluding hydrogens is 136 g/mol. The van der Waals surface area contributed by atoms with Crippen LogP contribution < -0.4 is 0 Å². The fourth-order valence-electron chi connectivity index (χ4n) is 0.453. The average Bonchev–Trinajstić information content (AvgIpc) is 1.77. The highest BCUT2D eigenvalue weighted by atomic mass is 32.1. The second-order valence-electron chi connectivity index (χ2n) is 1.52. The van der Waals surface area contributed by atoms with Crippen molar-refractivity contribution in [2.24, 2.45) is 0 Å². The molecule has 0 aliphatic carbocycles. The van der Waals surface area contributed by atoms with Crippen LogP contribution in [0.25, 0.3) is 0 Å². The van der Waals surface area contributed by atoms with Gasteiger partial charge in [0.1, 0.15) is 0 Å². The van der Waals surface area contributed by atoms with Crippen molar-refractivity contribution in [2.45, 2.75) is 9.79 Å². The van der Waals surface area contributed by atoms with E-state index in [1.54, 1.807) is 0 Å². The Bertz CT molecular complexity index is 145. The molecule has 0 bridgehead atoms. The summed E-state index contributed by atoms with van der Waals surface area (Å²) in [5, 5.41) is 0. The number of hydrogen-bond acceptors (Lipinski definition) is 2. The van der Waals surface area contributed by atoms with E-state index in [9.17, 15) is 0 Å². The van der Waals surface area contributed by atoms with E-state index in [2.05, 4.69) is 25.3 Å². The molecule has 0 aromatic heterocycles. The van der Waals surface area contributed by atoms with Gasteiger partial charge in [0, 0.05) is 9.79 Å². The summed E-state index contributed by atoms with van der Waals surface area (Å²) < 4.78 is 0. The van der Waals surface area contributed by atoms with Crippen molar-refractivity contribution in [1.29, 1.82) is 0 Å². The number of thiol groups is 2. The van der Waals surface area contributed by atoms with Crippen LogP contribution >= 0.6 is 25.3 Å². The zero-order chi connectivity index (χ0) is 5.98. The van der Waals surface area contributed by atoms with E-state index in [0.29, 0.717) is 0 Å². The van der Waals surface area contributed by atoms with E-state index in [4.69, 9.17) is 0 Å². The molecule has 0 radical (unpaired) electrons. The normalized spacial score (nSPS) is 9.25. The third-order valence-electron chi connectivity index (χ3n) is 0.850. The van der Waals surface area contributed by atoms with Crippen molar-refractivity contribution in [3.05, 3.63) is 24.3 Å². The SMILES string of the molecule is Sc1ccc(S)cc1. The molecule has 1 aromatic rings. The molecule has 0 saturated carbocycles. The van der Waals surface area contributed by atoms with Crippen molar-refractivity contribution in [1.82, 2.24) is 0 Å². The Hall–Kier alpha value is -0.0800. The van der Waals surface area contributed by atoms with Crippen LogP contribution in [0.2, 0.25) is 0 Å². The van der Waals surface area contributed by atoms with Crippen LogP contribution in [-0.2, 0) is 0 Å². The minimum absolute atomic E-state index is 0.975. The van der Waals surface area contributed by atoms with Crippen molar-refractivity contribution >= 4 is 25.3 Å². The van der Waals surface area contributed by atoms with Gasteiger partial charge in [-0.3, -0.25) is 0 Å². The van der Waals surface area contributed by atoms with E-state index in [0.717, 1.165) is 9.79 Å². The van der Waals surface area contributed by atoms with Gasteiger partial charge < -0.3 is 0 Å². The number of rotatable bonds is 0. The first kappa shape index (κ1) is 6.05. The predicted molar refractivity (Wildman–Crippen MR) is 40.9 cm³/mol. The second-order valence-corrected chi connectivity index (χ2v) is 2.55. The molecule has 0 spiro atoms. The molecule has 1 aromatic carbocycles. The van der Waals surface area contributed by atoms with Gasteiger partial charge in [-0.15, -0.1) is 25.3 Å². The van der Waals surface area contributed by atoms with Gasteiger partial charge in [0.05, 0.1) is 0 Å². The largest absolute Gasteiger partial charge is 0.143 e. The summed E-state index contributed by atoms with van der Waals surface area (Å²) in [6.45, 7) is 0. The summed E-state index contributed by atoms with van der Waals surface area (Å²) in [5.41, 5.74) is 0. The highest BCUT2D eigenvalue weighted by molar-refractivity contribution is 7.80. The molecule has 0 nitrogen and oxygen atoms in total. The third kappa shape index (κ3) is 1.46. The minimum atomic E-state index is 0.975. The van der Waals surface area contributed by atoms with Gasteiger partial charge in [0.25, 0.3) is 0 Å². The Balaban J connectivity index is 3.03. The number of hydrogen-bond donors (Lipinski definition) is 2. The van der Waals surface area contributed by atoms with E-state index >= 15 is 0 Å². The predicted octanol–water partition coefficient (Wildman–Crippen LogP) is 2.26. The maximum atomic E-state index is 4.10. The summed E-state index contributed by atoms with van der Waals surface area (Å²) in [4.78, 5) is 1.95. The second kappa shape index (κ2) is 2.46. The molecular formula is C6H6S2. The average molecular weight is 142 g/mol. The van der Waals surface area contributed by atoms with Crippen molar-refractivity contribution < 1.29 is 0 Å². The maximum absolute atomic E-state index is 4.10. The molecule has 0 heterocycles. The van der Waals surface area contributed by atoms with Crippen LogP contribution in [0, 0.1) is 0 Å². The molecule has 0 aliphatic rings. The van der Waals surface area contributed by atoms with Gasteiger partial charge in [0.15, 0.2) is 0 Å². The zero-order valence-electron chi connectivity index (χ0n) is 4.20. The fourth-order valence-corrected chi connectivity index (χ4v) is 0.751. The molecule has 42 valence electrons. The van der Waals surface area contributed by atoms with E-state index in [1.165, 1.54) is 0 Å². The van der Waals surface area contributed by atoms with Gasteiger partial charge in [-0.1, -0.05) is 0 Å². The van der Waals surface area contributed by atoms with Gasteiger partial charge in [-0.05, 0) is 24.3 Å². The van der Waals surface area contributed by atoms with Crippen LogP contribution in [0.3, 0.4) is 0 Å². The molecule has 0 unspecified atom stereocenters. The Kier molecular flexibility index (Phi) is 1.86. The fraction of sp³-hybridized carbons (Fsp3) is 0. The lowest BCUT2D eigenvalue weighted by atomic mass is 10.4. The summed E-state index contributed by atoms with van der Waals surface area (Å²) >= 11 is 8.20. The number of benzene rings is 1. The van der Waals surface area contributed by atoms with Crippen LogP contribution in [0.5, 0.6) is 0 Å². The lowest BCUT2D eigenvalue weighted by molar-refractivity contribution is 1.37. The summed E-state index contributed by atoms with van der Waals surface area (Å²) in [5.74, 6) is 0. The highest BCUT2D eigenvalue weighted by Crippen LogP contribution is 2.09. The van der Waals surface area contributed by atoms with Crippen LogP contribution in [0.15, 0.2) is 34.1 Å². The maximum Gasteiger partial charge on any atom is 0.00407 e. The Labute approximate surface area is 59.7 Å². The van der Waals surface area contributed by atoms with Crippen LogP contribution in [-0.4, -0.2) is 0 Å². The summed E-state index contributed by atoms with van der Waals surface area (Å²) in [6.07, 6.45) is 0. The molecule has 0 aliphatic heterocycles. The van der Waals surface area contributed by atoms with E-state index in [-0.39, 0.29) is 0 Å². The van der Waals surface area contributed by atoms with Crippen molar-refractivity contribution in [2.75, 3.05) is 0 Å². The van der Waals surface area contributed by atoms with Crippen molar-refractivity contribution in [3.63, 3.8) is 0 Å². The Morgan fingerprint density at radius 2 is 1.00 bits per heavy atom. The van der Waals surface area contributed by atoms with Crippen molar-refractivity contribution in [3.8, 4) is 0 Å².